The highest BCUT2D eigenvalue weighted by molar-refractivity contribution is 8.32. The third kappa shape index (κ3) is 8.74. The molecule has 0 aliphatic carbocycles. The quantitative estimate of drug-likeness (QED) is 0.422. The van der Waals surface area contributed by atoms with Gasteiger partial charge in [0.15, 0.2) is 5.65 Å². The monoisotopic (exact) mass is 553 g/mol. The van der Waals surface area contributed by atoms with E-state index >= 15 is 0 Å². The van der Waals surface area contributed by atoms with Gasteiger partial charge in [-0.1, -0.05) is 0 Å². The van der Waals surface area contributed by atoms with E-state index in [2.05, 4.69) is 34.1 Å². The van der Waals surface area contributed by atoms with Gasteiger partial charge in [-0.25, -0.2) is 24.8 Å². The van der Waals surface area contributed by atoms with E-state index in [-0.39, 0.29) is 30.9 Å². The standard InChI is InChI=1S/C26H43N5O6S/c1-18(16-34-5)28-24(32)20-15-31(17-35-11-12-38(6,7)8)23-22(20)29-21(13-27-23)36-19-9-10-30(14-19)25(33)37-26(2,3)4/h13,15,18-19H,9-12,14,16-17H2,1-8H3,(H,28,32)/t18-,19+/m0/s1. The molecule has 3 rings (SSSR count). The average molecular weight is 554 g/mol. The molecule has 2 aromatic heterocycles. The Kier molecular flexibility index (Phi) is 9.88. The first-order valence-electron chi connectivity index (χ1n) is 12.8. The van der Waals surface area contributed by atoms with Gasteiger partial charge in [0.1, 0.15) is 24.0 Å². The maximum absolute atomic E-state index is 13.1. The van der Waals surface area contributed by atoms with E-state index in [0.717, 1.165) is 5.75 Å². The summed E-state index contributed by atoms with van der Waals surface area (Å²) in [5.74, 6) is 1.00. The number of aromatic nitrogens is 3. The van der Waals surface area contributed by atoms with Crippen LogP contribution < -0.4 is 10.1 Å². The number of carbonyl (C=O) groups is 2. The lowest BCUT2D eigenvalue weighted by Gasteiger charge is -2.24. The van der Waals surface area contributed by atoms with E-state index in [1.165, 1.54) is 0 Å². The minimum absolute atomic E-state index is 0.179. The molecule has 3 heterocycles. The SMILES string of the molecule is COC[C@H](C)NC(=O)c1cn(COCCS(C)(C)C)c2ncc(O[C@@H]3CCN(C(=O)OC(C)(C)C)C3)nc12. The van der Waals surface area contributed by atoms with E-state index in [4.69, 9.17) is 18.9 Å². The zero-order valence-corrected chi connectivity index (χ0v) is 24.7. The van der Waals surface area contributed by atoms with Crippen LogP contribution in [-0.4, -0.2) is 107 Å². The summed E-state index contributed by atoms with van der Waals surface area (Å²) < 4.78 is 24.4. The topological polar surface area (TPSA) is 117 Å². The van der Waals surface area contributed by atoms with E-state index in [0.29, 0.717) is 55.3 Å². The van der Waals surface area contributed by atoms with Gasteiger partial charge in [0.2, 0.25) is 5.88 Å². The molecule has 1 fully saturated rings. The zero-order chi connectivity index (χ0) is 28.1. The molecule has 2 amide bonds. The highest BCUT2D eigenvalue weighted by atomic mass is 32.3. The number of fused-ring (bicyclic) bond motifs is 1. The van der Waals surface area contributed by atoms with Gasteiger partial charge in [0, 0.05) is 38.1 Å². The highest BCUT2D eigenvalue weighted by Gasteiger charge is 2.31. The van der Waals surface area contributed by atoms with Crippen LogP contribution in [-0.2, 0) is 20.9 Å². The third-order valence-electron chi connectivity index (χ3n) is 5.74. The maximum atomic E-state index is 13.1. The van der Waals surface area contributed by atoms with Crippen molar-refractivity contribution in [1.82, 2.24) is 24.8 Å². The molecule has 0 unspecified atom stereocenters. The number of carbonyl (C=O) groups excluding carboxylic acids is 2. The lowest BCUT2D eigenvalue weighted by Crippen LogP contribution is -2.36. The van der Waals surface area contributed by atoms with Crippen LogP contribution in [0.1, 0.15) is 44.5 Å². The summed E-state index contributed by atoms with van der Waals surface area (Å²) in [6, 6.07) is -0.179. The number of hydrogen-bond acceptors (Lipinski definition) is 8. The van der Waals surface area contributed by atoms with E-state index in [1.54, 1.807) is 29.0 Å². The van der Waals surface area contributed by atoms with Crippen LogP contribution in [0.4, 0.5) is 4.79 Å². The molecule has 1 saturated heterocycles. The molecule has 0 saturated carbocycles. The summed E-state index contributed by atoms with van der Waals surface area (Å²) in [6.07, 6.45) is 10.0. The zero-order valence-electron chi connectivity index (χ0n) is 23.9. The van der Waals surface area contributed by atoms with Crippen molar-refractivity contribution >= 4 is 33.2 Å². The Bertz CT molecular complexity index is 1110. The average Bonchev–Trinajstić information content (AvgIpc) is 3.40. The number of rotatable bonds is 11. The number of nitrogens with one attached hydrogen (secondary N) is 1. The van der Waals surface area contributed by atoms with Crippen molar-refractivity contribution in [2.45, 2.75) is 58.6 Å². The fourth-order valence-corrected chi connectivity index (χ4v) is 4.53. The summed E-state index contributed by atoms with van der Waals surface area (Å²) in [4.78, 5) is 36.4. The number of amides is 2. The lowest BCUT2D eigenvalue weighted by atomic mass is 10.2. The minimum atomic E-state index is -0.671. The van der Waals surface area contributed by atoms with Gasteiger partial charge >= 0.3 is 6.09 Å². The van der Waals surface area contributed by atoms with Crippen molar-refractivity contribution in [2.24, 2.45) is 0 Å². The van der Waals surface area contributed by atoms with E-state index in [1.807, 2.05) is 27.7 Å². The molecule has 11 nitrogen and oxygen atoms in total. The fraction of sp³-hybridized carbons (Fsp3) is 0.692. The van der Waals surface area contributed by atoms with Crippen molar-refractivity contribution < 1.29 is 28.5 Å². The Hall–Kier alpha value is -2.57. The number of hydrogen-bond donors (Lipinski definition) is 1. The first-order valence-corrected chi connectivity index (χ1v) is 15.8. The maximum Gasteiger partial charge on any atom is 0.410 e. The molecule has 1 aliphatic heterocycles. The van der Waals surface area contributed by atoms with Gasteiger partial charge < -0.3 is 33.7 Å². The van der Waals surface area contributed by atoms with Crippen molar-refractivity contribution in [1.29, 1.82) is 0 Å². The largest absolute Gasteiger partial charge is 0.471 e. The molecule has 1 aliphatic rings. The number of likely N-dealkylation sites (tertiary alicyclic amines) is 1. The van der Waals surface area contributed by atoms with Crippen molar-refractivity contribution in [3.05, 3.63) is 18.0 Å². The van der Waals surface area contributed by atoms with Gasteiger partial charge in [-0.2, -0.15) is 0 Å². The molecule has 0 radical (unpaired) electrons. The Labute approximate surface area is 226 Å². The molecule has 214 valence electrons. The first-order chi connectivity index (χ1) is 17.8. The predicted octanol–water partition coefficient (Wildman–Crippen LogP) is 3.25. The molecule has 2 aromatic rings. The van der Waals surface area contributed by atoms with Crippen molar-refractivity contribution in [3.63, 3.8) is 0 Å². The van der Waals surface area contributed by atoms with Gasteiger partial charge in [-0.15, -0.1) is 0 Å². The normalized spacial score (nSPS) is 17.5. The van der Waals surface area contributed by atoms with Crippen LogP contribution in [0.25, 0.3) is 11.2 Å². The summed E-state index contributed by atoms with van der Waals surface area (Å²) in [7, 11) is 0.919. The second-order valence-electron chi connectivity index (χ2n) is 11.5. The summed E-state index contributed by atoms with van der Waals surface area (Å²) >= 11 is 0. The second-order valence-corrected chi connectivity index (χ2v) is 16.1. The van der Waals surface area contributed by atoms with Crippen molar-refractivity contribution in [3.8, 4) is 5.88 Å². The Morgan fingerprint density at radius 3 is 2.66 bits per heavy atom. The van der Waals surface area contributed by atoms with Crippen LogP contribution in [0.3, 0.4) is 0 Å². The predicted molar refractivity (Wildman–Crippen MR) is 149 cm³/mol. The smallest absolute Gasteiger partial charge is 0.410 e. The molecule has 1 N–H and O–H groups in total. The second kappa shape index (κ2) is 12.5. The van der Waals surface area contributed by atoms with Crippen LogP contribution in [0, 0.1) is 0 Å². The first kappa shape index (κ1) is 30.0. The van der Waals surface area contributed by atoms with Gasteiger partial charge in [-0.3, -0.25) is 4.79 Å². The number of ether oxygens (including phenoxy) is 4. The van der Waals surface area contributed by atoms with Gasteiger partial charge in [0.25, 0.3) is 5.91 Å². The van der Waals surface area contributed by atoms with Crippen molar-refractivity contribution in [2.75, 3.05) is 57.9 Å². The fourth-order valence-electron chi connectivity index (χ4n) is 3.91. The molecule has 0 aromatic carbocycles. The van der Waals surface area contributed by atoms with Crippen LogP contribution in [0.15, 0.2) is 12.4 Å². The lowest BCUT2D eigenvalue weighted by molar-refractivity contribution is 0.0274. The Morgan fingerprint density at radius 1 is 1.26 bits per heavy atom. The number of methoxy groups -OCH3 is 1. The third-order valence-corrected chi connectivity index (χ3v) is 7.13. The van der Waals surface area contributed by atoms with Crippen LogP contribution in [0.2, 0.25) is 0 Å². The Balaban J connectivity index is 1.77. The molecule has 38 heavy (non-hydrogen) atoms. The number of nitrogens with zero attached hydrogens (tertiary/aromatic N) is 4. The summed E-state index contributed by atoms with van der Waals surface area (Å²) in [6.45, 7) is 9.58. The van der Waals surface area contributed by atoms with Gasteiger partial charge in [0.05, 0.1) is 31.5 Å². The summed E-state index contributed by atoms with van der Waals surface area (Å²) in [5, 5.41) is 2.94. The van der Waals surface area contributed by atoms with Gasteiger partial charge in [-0.05, 0) is 46.5 Å². The molecule has 0 spiro atoms. The summed E-state index contributed by atoms with van der Waals surface area (Å²) in [5.41, 5.74) is 0.783. The van der Waals surface area contributed by atoms with Crippen LogP contribution >= 0.6 is 10.0 Å². The van der Waals surface area contributed by atoms with E-state index < -0.39 is 15.6 Å². The minimum Gasteiger partial charge on any atom is -0.471 e. The molecule has 0 bridgehead atoms. The molecule has 12 heteroatoms. The Morgan fingerprint density at radius 2 is 2.00 bits per heavy atom. The van der Waals surface area contributed by atoms with E-state index in [9.17, 15) is 9.59 Å². The molecular weight excluding hydrogens is 510 g/mol. The highest BCUT2D eigenvalue weighted by Crippen LogP contribution is 2.33. The van der Waals surface area contributed by atoms with Crippen LogP contribution in [0.5, 0.6) is 5.88 Å². The molecule has 2 atom stereocenters. The molecular formula is C26H43N5O6S.